The van der Waals surface area contributed by atoms with Crippen LogP contribution >= 0.6 is 0 Å². The molecule has 0 bridgehead atoms. The lowest BCUT2D eigenvalue weighted by Crippen LogP contribution is -2.22. The van der Waals surface area contributed by atoms with Crippen molar-refractivity contribution in [3.63, 3.8) is 0 Å². The molecule has 0 saturated heterocycles. The van der Waals surface area contributed by atoms with Crippen molar-refractivity contribution in [1.29, 1.82) is 0 Å². The topological polar surface area (TPSA) is 30.5 Å². The minimum absolute atomic E-state index is 0.246. The lowest BCUT2D eigenvalue weighted by atomic mass is 10.0. The number of benzene rings is 2. The average Bonchev–Trinajstić information content (AvgIpc) is 2.95. The van der Waals surface area contributed by atoms with Crippen molar-refractivity contribution >= 4 is 0 Å². The molecular weight excluding hydrogens is 262 g/mol. The maximum absolute atomic E-state index is 5.44. The van der Waals surface area contributed by atoms with Gasteiger partial charge >= 0.3 is 0 Å². The maximum atomic E-state index is 5.44. The van der Waals surface area contributed by atoms with Crippen LogP contribution in [-0.2, 0) is 0 Å². The Balaban J connectivity index is 1.70. The summed E-state index contributed by atoms with van der Waals surface area (Å²) in [6.07, 6.45) is 0. The molecule has 0 radical (unpaired) electrons. The van der Waals surface area contributed by atoms with Gasteiger partial charge in [0.25, 0.3) is 0 Å². The van der Waals surface area contributed by atoms with Gasteiger partial charge in [0, 0.05) is 12.1 Å². The molecule has 1 heterocycles. The zero-order chi connectivity index (χ0) is 14.8. The smallest absolute Gasteiger partial charge is 0.231 e. The van der Waals surface area contributed by atoms with Gasteiger partial charge in [-0.1, -0.05) is 35.9 Å². The molecule has 0 fully saturated rings. The van der Waals surface area contributed by atoms with E-state index < -0.39 is 0 Å². The van der Waals surface area contributed by atoms with E-state index in [0.717, 1.165) is 11.5 Å². The molecule has 0 amide bonds. The molecule has 3 nitrogen and oxygen atoms in total. The van der Waals surface area contributed by atoms with E-state index in [1.807, 2.05) is 6.07 Å². The molecule has 0 saturated carbocycles. The maximum Gasteiger partial charge on any atom is 0.231 e. The van der Waals surface area contributed by atoms with Crippen LogP contribution in [-0.4, -0.2) is 6.79 Å². The van der Waals surface area contributed by atoms with E-state index in [2.05, 4.69) is 62.5 Å². The number of hydrogen-bond acceptors (Lipinski definition) is 3. The number of rotatable bonds is 4. The molecule has 3 heteroatoms. The number of fused-ring (bicyclic) bond motifs is 1. The van der Waals surface area contributed by atoms with E-state index in [-0.39, 0.29) is 6.04 Å². The average molecular weight is 283 g/mol. The molecule has 2 unspecified atom stereocenters. The molecule has 2 aromatic rings. The number of aryl methyl sites for hydroxylation is 1. The Bertz CT molecular complexity index is 622. The third kappa shape index (κ3) is 3.03. The summed E-state index contributed by atoms with van der Waals surface area (Å²) in [5, 5.41) is 3.63. The summed E-state index contributed by atoms with van der Waals surface area (Å²) in [6, 6.07) is 15.3. The highest BCUT2D eigenvalue weighted by molar-refractivity contribution is 5.45. The van der Waals surface area contributed by atoms with Crippen LogP contribution in [0.25, 0.3) is 0 Å². The third-order valence-corrected chi connectivity index (χ3v) is 3.97. The molecule has 0 aromatic heterocycles. The molecule has 2 aromatic carbocycles. The summed E-state index contributed by atoms with van der Waals surface area (Å²) in [7, 11) is 0. The second kappa shape index (κ2) is 5.78. The van der Waals surface area contributed by atoms with Gasteiger partial charge in [0.05, 0.1) is 0 Å². The molecule has 0 spiro atoms. The number of nitrogens with one attached hydrogen (secondary N) is 1. The van der Waals surface area contributed by atoms with Crippen molar-refractivity contribution < 1.29 is 9.47 Å². The summed E-state index contributed by atoms with van der Waals surface area (Å²) in [6.45, 7) is 6.79. The zero-order valence-corrected chi connectivity index (χ0v) is 12.7. The Kier molecular flexibility index (Phi) is 3.84. The third-order valence-electron chi connectivity index (χ3n) is 3.97. The van der Waals surface area contributed by atoms with Gasteiger partial charge in [-0.2, -0.15) is 0 Å². The van der Waals surface area contributed by atoms with Crippen LogP contribution < -0.4 is 14.8 Å². The van der Waals surface area contributed by atoms with Crippen LogP contribution in [0.4, 0.5) is 0 Å². The van der Waals surface area contributed by atoms with Crippen molar-refractivity contribution in [2.75, 3.05) is 6.79 Å². The molecular formula is C18H21NO2. The van der Waals surface area contributed by atoms with Gasteiger partial charge in [-0.3, -0.25) is 0 Å². The first-order valence-electron chi connectivity index (χ1n) is 7.35. The number of hydrogen-bond donors (Lipinski definition) is 1. The highest BCUT2D eigenvalue weighted by atomic mass is 16.7. The first-order chi connectivity index (χ1) is 10.1. The minimum Gasteiger partial charge on any atom is -0.454 e. The second-order valence-corrected chi connectivity index (χ2v) is 5.63. The summed E-state index contributed by atoms with van der Waals surface area (Å²) in [5.74, 6) is 1.67. The molecule has 1 aliphatic heterocycles. The molecule has 110 valence electrons. The summed E-state index contributed by atoms with van der Waals surface area (Å²) >= 11 is 0. The van der Waals surface area contributed by atoms with Gasteiger partial charge < -0.3 is 14.8 Å². The van der Waals surface area contributed by atoms with Gasteiger partial charge in [-0.05, 0) is 44.0 Å². The van der Waals surface area contributed by atoms with Crippen LogP contribution in [0.3, 0.4) is 0 Å². The van der Waals surface area contributed by atoms with Crippen molar-refractivity contribution in [3.05, 3.63) is 59.2 Å². The summed E-state index contributed by atoms with van der Waals surface area (Å²) in [4.78, 5) is 0. The van der Waals surface area contributed by atoms with Crippen LogP contribution in [0.1, 0.15) is 42.6 Å². The largest absolute Gasteiger partial charge is 0.454 e. The van der Waals surface area contributed by atoms with Crippen LogP contribution in [0.2, 0.25) is 0 Å². The zero-order valence-electron chi connectivity index (χ0n) is 12.7. The lowest BCUT2D eigenvalue weighted by Gasteiger charge is -2.21. The fraction of sp³-hybridized carbons (Fsp3) is 0.333. The second-order valence-electron chi connectivity index (χ2n) is 5.63. The predicted octanol–water partition coefficient (Wildman–Crippen LogP) is 4.14. The molecule has 0 aliphatic carbocycles. The van der Waals surface area contributed by atoms with Crippen LogP contribution in [0, 0.1) is 6.92 Å². The van der Waals surface area contributed by atoms with Crippen molar-refractivity contribution in [1.82, 2.24) is 5.32 Å². The summed E-state index contributed by atoms with van der Waals surface area (Å²) < 4.78 is 10.8. The van der Waals surface area contributed by atoms with Gasteiger partial charge in [0.2, 0.25) is 6.79 Å². The predicted molar refractivity (Wildman–Crippen MR) is 83.7 cm³/mol. The molecule has 1 aliphatic rings. The quantitative estimate of drug-likeness (QED) is 0.915. The lowest BCUT2D eigenvalue weighted by molar-refractivity contribution is 0.174. The summed E-state index contributed by atoms with van der Waals surface area (Å²) in [5.41, 5.74) is 3.79. The Morgan fingerprint density at radius 1 is 0.857 bits per heavy atom. The van der Waals surface area contributed by atoms with Gasteiger partial charge in [-0.25, -0.2) is 0 Å². The Morgan fingerprint density at radius 3 is 2.24 bits per heavy atom. The Hall–Kier alpha value is -2.00. The minimum atomic E-state index is 0.246. The first kappa shape index (κ1) is 14.0. The van der Waals surface area contributed by atoms with E-state index in [9.17, 15) is 0 Å². The Morgan fingerprint density at radius 2 is 1.48 bits per heavy atom. The van der Waals surface area contributed by atoms with Gasteiger partial charge in [-0.15, -0.1) is 0 Å². The van der Waals surface area contributed by atoms with E-state index in [4.69, 9.17) is 9.47 Å². The SMILES string of the molecule is Cc1ccc(C(C)NC(C)c2ccc3c(c2)OCO3)cc1. The molecule has 2 atom stereocenters. The monoisotopic (exact) mass is 283 g/mol. The molecule has 21 heavy (non-hydrogen) atoms. The fourth-order valence-corrected chi connectivity index (χ4v) is 2.61. The van der Waals surface area contributed by atoms with Crippen molar-refractivity contribution in [2.24, 2.45) is 0 Å². The van der Waals surface area contributed by atoms with Gasteiger partial charge in [0.1, 0.15) is 0 Å². The van der Waals surface area contributed by atoms with E-state index in [1.54, 1.807) is 0 Å². The van der Waals surface area contributed by atoms with E-state index in [0.29, 0.717) is 12.8 Å². The normalized spacial score (nSPS) is 15.8. The molecule has 3 rings (SSSR count). The highest BCUT2D eigenvalue weighted by Crippen LogP contribution is 2.34. The standard InChI is InChI=1S/C18H21NO2/c1-12-4-6-15(7-5-12)13(2)19-14(3)16-8-9-17-18(10-16)21-11-20-17/h4-10,13-14,19H,11H2,1-3H3. The van der Waals surface area contributed by atoms with Crippen LogP contribution in [0.5, 0.6) is 11.5 Å². The Labute approximate surface area is 125 Å². The van der Waals surface area contributed by atoms with E-state index >= 15 is 0 Å². The van der Waals surface area contributed by atoms with Gasteiger partial charge in [0.15, 0.2) is 11.5 Å². The first-order valence-corrected chi connectivity index (χ1v) is 7.35. The van der Waals surface area contributed by atoms with Crippen molar-refractivity contribution in [3.8, 4) is 11.5 Å². The van der Waals surface area contributed by atoms with Crippen molar-refractivity contribution in [2.45, 2.75) is 32.9 Å². The fourth-order valence-electron chi connectivity index (χ4n) is 2.61. The number of ether oxygens (including phenoxy) is 2. The highest BCUT2D eigenvalue weighted by Gasteiger charge is 2.17. The molecule has 1 N–H and O–H groups in total. The van der Waals surface area contributed by atoms with Crippen LogP contribution in [0.15, 0.2) is 42.5 Å². The van der Waals surface area contributed by atoms with E-state index in [1.165, 1.54) is 16.7 Å².